The van der Waals surface area contributed by atoms with Crippen LogP contribution < -0.4 is 0 Å². The topological polar surface area (TPSA) is 17.8 Å². The van der Waals surface area contributed by atoms with Gasteiger partial charge in [0.1, 0.15) is 11.6 Å². The van der Waals surface area contributed by atoms with Crippen molar-refractivity contribution < 1.29 is 4.39 Å². The lowest BCUT2D eigenvalue weighted by Crippen LogP contribution is -2.11. The van der Waals surface area contributed by atoms with Gasteiger partial charge >= 0.3 is 0 Å². The Bertz CT molecular complexity index is 573. The summed E-state index contributed by atoms with van der Waals surface area (Å²) in [4.78, 5) is 4.45. The molecule has 2 aromatic rings. The van der Waals surface area contributed by atoms with Crippen LogP contribution in [0.3, 0.4) is 0 Å². The molecule has 0 N–H and O–H groups in total. The molecule has 0 aliphatic carbocycles. The molecule has 98 valence electrons. The molecule has 0 amide bonds. The van der Waals surface area contributed by atoms with E-state index in [-0.39, 0.29) is 5.82 Å². The van der Waals surface area contributed by atoms with E-state index >= 15 is 0 Å². The van der Waals surface area contributed by atoms with Crippen molar-refractivity contribution in [1.82, 2.24) is 9.55 Å². The van der Waals surface area contributed by atoms with Crippen LogP contribution in [-0.2, 0) is 12.4 Å². The zero-order valence-corrected chi connectivity index (χ0v) is 13.2. The number of hydrogen-bond acceptors (Lipinski definition) is 2. The molecule has 0 aliphatic rings. The van der Waals surface area contributed by atoms with Crippen LogP contribution in [0, 0.1) is 5.82 Å². The van der Waals surface area contributed by atoms with E-state index in [9.17, 15) is 4.39 Å². The highest BCUT2D eigenvalue weighted by Gasteiger charge is 2.14. The number of benzene rings is 1. The molecule has 0 spiro atoms. The van der Waals surface area contributed by atoms with Gasteiger partial charge in [-0.05, 0) is 28.3 Å². The van der Waals surface area contributed by atoms with E-state index in [1.54, 1.807) is 17.8 Å². The Balaban J connectivity index is 2.57. The average Bonchev–Trinajstić information content (AvgIpc) is 2.67. The summed E-state index contributed by atoms with van der Waals surface area (Å²) in [5.74, 6) is 0.835. The zero-order valence-electron chi connectivity index (χ0n) is 10.1. The van der Waals surface area contributed by atoms with Gasteiger partial charge in [0.2, 0.25) is 0 Å². The van der Waals surface area contributed by atoms with Crippen LogP contribution in [0.25, 0.3) is 11.0 Å². The molecule has 0 saturated heterocycles. The number of fused-ring (bicyclic) bond motifs is 1. The van der Waals surface area contributed by atoms with Gasteiger partial charge in [-0.25, -0.2) is 9.37 Å². The molecule has 1 unspecified atom stereocenters. The fourth-order valence-electron chi connectivity index (χ4n) is 1.81. The lowest BCUT2D eigenvalue weighted by Gasteiger charge is -2.12. The number of alkyl halides is 1. The van der Waals surface area contributed by atoms with Gasteiger partial charge in [-0.2, -0.15) is 11.8 Å². The summed E-state index contributed by atoms with van der Waals surface area (Å²) in [6, 6.07) is 3.20. The normalized spacial score (nSPS) is 13.2. The Morgan fingerprint density at radius 2 is 2.28 bits per heavy atom. The Labute approximate surface area is 123 Å². The third-order valence-corrected chi connectivity index (χ3v) is 4.63. The van der Waals surface area contributed by atoms with Gasteiger partial charge in [0.15, 0.2) is 0 Å². The largest absolute Gasteiger partial charge is 0.326 e. The van der Waals surface area contributed by atoms with Gasteiger partial charge in [0, 0.05) is 17.9 Å². The Morgan fingerprint density at radius 3 is 2.89 bits per heavy atom. The molecule has 1 aromatic carbocycles. The van der Waals surface area contributed by atoms with E-state index in [0.29, 0.717) is 15.6 Å². The van der Waals surface area contributed by atoms with Gasteiger partial charge < -0.3 is 4.57 Å². The van der Waals surface area contributed by atoms with Crippen molar-refractivity contribution in [2.24, 2.45) is 0 Å². The Hall–Kier alpha value is -0.260. The number of rotatable bonds is 4. The number of hydrogen-bond donors (Lipinski definition) is 0. The maximum Gasteiger partial charge on any atom is 0.139 e. The van der Waals surface area contributed by atoms with E-state index in [2.05, 4.69) is 34.1 Å². The highest BCUT2D eigenvalue weighted by molar-refractivity contribution is 9.10. The molecule has 2 rings (SSSR count). The first kappa shape index (κ1) is 14.2. The fraction of sp³-hybridized carbons (Fsp3) is 0.417. The monoisotopic (exact) mass is 350 g/mol. The minimum absolute atomic E-state index is 0.276. The number of aromatic nitrogens is 2. The fourth-order valence-corrected chi connectivity index (χ4v) is 2.64. The van der Waals surface area contributed by atoms with E-state index < -0.39 is 0 Å². The number of imidazole rings is 1. The third kappa shape index (κ3) is 2.68. The van der Waals surface area contributed by atoms with Crippen LogP contribution in [0.4, 0.5) is 4.39 Å². The van der Waals surface area contributed by atoms with E-state index in [1.165, 1.54) is 6.07 Å². The van der Waals surface area contributed by atoms with Crippen molar-refractivity contribution in [3.05, 3.63) is 28.2 Å². The highest BCUT2D eigenvalue weighted by atomic mass is 79.9. The molecule has 1 atom stereocenters. The Morgan fingerprint density at radius 1 is 1.56 bits per heavy atom. The molecule has 0 saturated carbocycles. The summed E-state index contributed by atoms with van der Waals surface area (Å²) in [6.07, 6.45) is 2.06. The van der Waals surface area contributed by atoms with Crippen molar-refractivity contribution in [2.45, 2.75) is 24.6 Å². The van der Waals surface area contributed by atoms with Crippen molar-refractivity contribution in [3.8, 4) is 0 Å². The maximum absolute atomic E-state index is 13.6. The van der Waals surface area contributed by atoms with Gasteiger partial charge in [-0.3, -0.25) is 0 Å². The van der Waals surface area contributed by atoms with Gasteiger partial charge in [0.05, 0.1) is 21.4 Å². The number of halogens is 3. The minimum atomic E-state index is -0.276. The van der Waals surface area contributed by atoms with Crippen LogP contribution >= 0.6 is 39.3 Å². The quantitative estimate of drug-likeness (QED) is 0.758. The van der Waals surface area contributed by atoms with Crippen LogP contribution in [-0.4, -0.2) is 21.1 Å². The molecule has 0 fully saturated rings. The maximum atomic E-state index is 13.6. The standard InChI is InChI=1S/C12H13BrClFN2S/c1-7(18-2)6-17-11-4-9(15)8(13)3-10(11)16-12(17)5-14/h3-4,7H,5-6H2,1-2H3. The van der Waals surface area contributed by atoms with E-state index in [0.717, 1.165) is 23.4 Å². The summed E-state index contributed by atoms with van der Waals surface area (Å²) in [6.45, 7) is 2.91. The SMILES string of the molecule is CSC(C)Cn1c(CCl)nc2cc(Br)c(F)cc21. The third-order valence-electron chi connectivity index (χ3n) is 2.83. The summed E-state index contributed by atoms with van der Waals surface area (Å²) in [7, 11) is 0. The van der Waals surface area contributed by atoms with Gasteiger partial charge in [-0.1, -0.05) is 6.92 Å². The first-order chi connectivity index (χ1) is 8.56. The molecule has 0 aliphatic heterocycles. The molecule has 0 radical (unpaired) electrons. The van der Waals surface area contributed by atoms with Crippen molar-refractivity contribution >= 4 is 50.3 Å². The van der Waals surface area contributed by atoms with Crippen LogP contribution in [0.1, 0.15) is 12.7 Å². The van der Waals surface area contributed by atoms with Crippen LogP contribution in [0.15, 0.2) is 16.6 Å². The summed E-state index contributed by atoms with van der Waals surface area (Å²) < 4.78 is 16.1. The Kier molecular flexibility index (Phi) is 4.56. The van der Waals surface area contributed by atoms with Crippen LogP contribution in [0.2, 0.25) is 0 Å². The lowest BCUT2D eigenvalue weighted by molar-refractivity contribution is 0.620. The molecule has 18 heavy (non-hydrogen) atoms. The van der Waals surface area contributed by atoms with E-state index in [4.69, 9.17) is 11.6 Å². The van der Waals surface area contributed by atoms with Crippen molar-refractivity contribution in [1.29, 1.82) is 0 Å². The molecular weight excluding hydrogens is 339 g/mol. The predicted molar refractivity (Wildman–Crippen MR) is 79.9 cm³/mol. The number of thioether (sulfide) groups is 1. The first-order valence-electron chi connectivity index (χ1n) is 5.49. The smallest absolute Gasteiger partial charge is 0.139 e. The van der Waals surface area contributed by atoms with Crippen molar-refractivity contribution in [2.75, 3.05) is 6.26 Å². The predicted octanol–water partition coefficient (Wildman–Crippen LogP) is 4.43. The van der Waals surface area contributed by atoms with Crippen LogP contribution in [0.5, 0.6) is 0 Å². The summed E-state index contributed by atoms with van der Waals surface area (Å²) in [5.41, 5.74) is 1.57. The zero-order chi connectivity index (χ0) is 13.3. The molecule has 1 aromatic heterocycles. The second-order valence-electron chi connectivity index (χ2n) is 4.07. The first-order valence-corrected chi connectivity index (χ1v) is 8.11. The molecule has 6 heteroatoms. The lowest BCUT2D eigenvalue weighted by atomic mass is 10.3. The second-order valence-corrected chi connectivity index (χ2v) is 6.47. The number of nitrogens with zero attached hydrogens (tertiary/aromatic N) is 2. The van der Waals surface area contributed by atoms with Gasteiger partial charge in [-0.15, -0.1) is 11.6 Å². The van der Waals surface area contributed by atoms with Gasteiger partial charge in [0.25, 0.3) is 0 Å². The summed E-state index contributed by atoms with van der Waals surface area (Å²) >= 11 is 10.9. The minimum Gasteiger partial charge on any atom is -0.326 e. The molecule has 2 nitrogen and oxygen atoms in total. The highest BCUT2D eigenvalue weighted by Crippen LogP contribution is 2.26. The molecule has 0 bridgehead atoms. The van der Waals surface area contributed by atoms with E-state index in [1.807, 2.05) is 4.57 Å². The van der Waals surface area contributed by atoms with Crippen molar-refractivity contribution in [3.63, 3.8) is 0 Å². The summed E-state index contributed by atoms with van der Waals surface area (Å²) in [5, 5.41) is 0.427. The molecule has 1 heterocycles. The second kappa shape index (κ2) is 5.80. The molecular formula is C12H13BrClFN2S. The average molecular weight is 352 g/mol.